The fourth-order valence-electron chi connectivity index (χ4n) is 4.31. The molecular weight excluding hydrogens is 466 g/mol. The highest BCUT2D eigenvalue weighted by molar-refractivity contribution is 6.32. The number of benzene rings is 1. The van der Waals surface area contributed by atoms with Gasteiger partial charge in [0.25, 0.3) is 5.69 Å². The SMILES string of the molecule is CCOC(=O)N1CCC(NC(=O)C2(NC(=O)Cc3ccc(Cl)c([N+](=O)[O-])c3)CCNCC2)CC1. The maximum atomic E-state index is 13.3. The molecule has 12 heteroatoms. The van der Waals surface area contributed by atoms with Crippen LogP contribution in [0.15, 0.2) is 18.2 Å². The second-order valence-electron chi connectivity index (χ2n) is 8.53. The summed E-state index contributed by atoms with van der Waals surface area (Å²) in [6.45, 7) is 4.18. The fraction of sp³-hybridized carbons (Fsp3) is 0.591. The average molecular weight is 496 g/mol. The predicted octanol–water partition coefficient (Wildman–Crippen LogP) is 1.77. The van der Waals surface area contributed by atoms with Crippen LogP contribution in [-0.2, 0) is 20.7 Å². The van der Waals surface area contributed by atoms with Crippen molar-refractivity contribution in [2.24, 2.45) is 0 Å². The fourth-order valence-corrected chi connectivity index (χ4v) is 4.50. The lowest BCUT2D eigenvalue weighted by Crippen LogP contribution is -2.64. The van der Waals surface area contributed by atoms with E-state index in [1.807, 2.05) is 0 Å². The minimum Gasteiger partial charge on any atom is -0.450 e. The lowest BCUT2D eigenvalue weighted by atomic mass is 9.86. The van der Waals surface area contributed by atoms with E-state index in [9.17, 15) is 24.5 Å². The number of hydrogen-bond acceptors (Lipinski definition) is 7. The molecule has 0 spiro atoms. The molecule has 3 N–H and O–H groups in total. The number of nitro benzene ring substituents is 1. The van der Waals surface area contributed by atoms with Gasteiger partial charge in [0.2, 0.25) is 11.8 Å². The molecule has 2 aliphatic heterocycles. The van der Waals surface area contributed by atoms with Crippen LogP contribution < -0.4 is 16.0 Å². The number of halogens is 1. The van der Waals surface area contributed by atoms with E-state index in [2.05, 4.69) is 16.0 Å². The number of piperidine rings is 2. The predicted molar refractivity (Wildman–Crippen MR) is 125 cm³/mol. The maximum Gasteiger partial charge on any atom is 0.409 e. The molecular formula is C22H30ClN5O6. The van der Waals surface area contributed by atoms with E-state index in [0.717, 1.165) is 0 Å². The Morgan fingerprint density at radius 3 is 2.56 bits per heavy atom. The van der Waals surface area contributed by atoms with E-state index >= 15 is 0 Å². The van der Waals surface area contributed by atoms with Crippen LogP contribution in [0.1, 0.15) is 38.2 Å². The summed E-state index contributed by atoms with van der Waals surface area (Å²) < 4.78 is 5.03. The minimum atomic E-state index is -1.07. The first-order valence-electron chi connectivity index (χ1n) is 11.4. The summed E-state index contributed by atoms with van der Waals surface area (Å²) >= 11 is 5.85. The van der Waals surface area contributed by atoms with Crippen molar-refractivity contribution in [3.05, 3.63) is 38.9 Å². The van der Waals surface area contributed by atoms with Crippen molar-refractivity contribution in [1.82, 2.24) is 20.9 Å². The van der Waals surface area contributed by atoms with Gasteiger partial charge in [0, 0.05) is 25.2 Å². The van der Waals surface area contributed by atoms with Crippen LogP contribution in [0.5, 0.6) is 0 Å². The number of hydrogen-bond donors (Lipinski definition) is 3. The van der Waals surface area contributed by atoms with Crippen LogP contribution in [0.25, 0.3) is 0 Å². The molecule has 0 bridgehead atoms. The minimum absolute atomic E-state index is 0.00244. The zero-order chi connectivity index (χ0) is 24.7. The molecule has 3 amide bonds. The van der Waals surface area contributed by atoms with Gasteiger partial charge >= 0.3 is 6.09 Å². The van der Waals surface area contributed by atoms with Crippen LogP contribution in [0.2, 0.25) is 5.02 Å². The second kappa shape index (κ2) is 11.5. The van der Waals surface area contributed by atoms with Crippen LogP contribution in [0, 0.1) is 10.1 Å². The lowest BCUT2D eigenvalue weighted by Gasteiger charge is -2.39. The van der Waals surface area contributed by atoms with E-state index in [0.29, 0.717) is 64.0 Å². The highest BCUT2D eigenvalue weighted by Gasteiger charge is 2.42. The summed E-state index contributed by atoms with van der Waals surface area (Å²) in [4.78, 5) is 50.2. The van der Waals surface area contributed by atoms with Crippen molar-refractivity contribution in [2.45, 2.75) is 50.6 Å². The van der Waals surface area contributed by atoms with Crippen LogP contribution in [0.3, 0.4) is 0 Å². The Morgan fingerprint density at radius 1 is 1.26 bits per heavy atom. The second-order valence-corrected chi connectivity index (χ2v) is 8.94. The summed E-state index contributed by atoms with van der Waals surface area (Å²) in [6, 6.07) is 4.11. The quantitative estimate of drug-likeness (QED) is 0.386. The number of amides is 3. The third-order valence-electron chi connectivity index (χ3n) is 6.20. The molecule has 2 saturated heterocycles. The molecule has 1 aromatic carbocycles. The lowest BCUT2D eigenvalue weighted by molar-refractivity contribution is -0.384. The number of ether oxygens (including phenoxy) is 1. The van der Waals surface area contributed by atoms with Crippen LogP contribution in [-0.4, -0.2) is 72.1 Å². The zero-order valence-electron chi connectivity index (χ0n) is 19.1. The molecule has 2 aliphatic rings. The third kappa shape index (κ3) is 6.35. The Bertz CT molecular complexity index is 928. The van der Waals surface area contributed by atoms with E-state index < -0.39 is 16.4 Å². The monoisotopic (exact) mass is 495 g/mol. The summed E-state index contributed by atoms with van der Waals surface area (Å²) in [5, 5.41) is 20.3. The molecule has 0 radical (unpaired) electrons. The molecule has 2 heterocycles. The van der Waals surface area contributed by atoms with Gasteiger partial charge in [-0.05, 0) is 57.3 Å². The molecule has 0 saturated carbocycles. The molecule has 0 aromatic heterocycles. The van der Waals surface area contributed by atoms with Gasteiger partial charge in [-0.2, -0.15) is 0 Å². The summed E-state index contributed by atoms with van der Waals surface area (Å²) in [5.41, 5.74) is -0.904. The molecule has 3 rings (SSSR count). The Balaban J connectivity index is 1.62. The molecule has 11 nitrogen and oxygen atoms in total. The third-order valence-corrected chi connectivity index (χ3v) is 6.52. The molecule has 0 atom stereocenters. The number of likely N-dealkylation sites (tertiary alicyclic amines) is 1. The van der Waals surface area contributed by atoms with Gasteiger partial charge < -0.3 is 25.6 Å². The smallest absolute Gasteiger partial charge is 0.409 e. The molecule has 0 aliphatic carbocycles. The van der Waals surface area contributed by atoms with Crippen molar-refractivity contribution in [3.63, 3.8) is 0 Å². The van der Waals surface area contributed by atoms with Gasteiger partial charge in [0.15, 0.2) is 0 Å². The first-order chi connectivity index (χ1) is 16.2. The van der Waals surface area contributed by atoms with E-state index in [1.165, 1.54) is 12.1 Å². The van der Waals surface area contributed by atoms with Gasteiger partial charge in [-0.1, -0.05) is 17.7 Å². The Labute approximate surface area is 202 Å². The first kappa shape index (κ1) is 25.7. The highest BCUT2D eigenvalue weighted by atomic mass is 35.5. The summed E-state index contributed by atoms with van der Waals surface area (Å²) in [6.07, 6.45) is 1.58. The largest absolute Gasteiger partial charge is 0.450 e. The Hall–Kier alpha value is -2.92. The first-order valence-corrected chi connectivity index (χ1v) is 11.8. The zero-order valence-corrected chi connectivity index (χ0v) is 19.9. The van der Waals surface area contributed by atoms with Gasteiger partial charge in [-0.15, -0.1) is 0 Å². The number of nitrogens with one attached hydrogen (secondary N) is 3. The molecule has 1 aromatic rings. The number of nitrogens with zero attached hydrogens (tertiary/aromatic N) is 2. The molecule has 186 valence electrons. The summed E-state index contributed by atoms with van der Waals surface area (Å²) in [7, 11) is 0. The number of carbonyl (C=O) groups excluding carboxylic acids is 3. The van der Waals surface area contributed by atoms with Crippen molar-refractivity contribution >= 4 is 35.2 Å². The maximum absolute atomic E-state index is 13.3. The van der Waals surface area contributed by atoms with Gasteiger partial charge in [0.05, 0.1) is 18.0 Å². The average Bonchev–Trinajstić information content (AvgIpc) is 2.81. The molecule has 0 unspecified atom stereocenters. The van der Waals surface area contributed by atoms with Crippen molar-refractivity contribution in [2.75, 3.05) is 32.8 Å². The van der Waals surface area contributed by atoms with E-state index in [1.54, 1.807) is 17.9 Å². The number of nitro groups is 1. The van der Waals surface area contributed by atoms with Crippen LogP contribution >= 0.6 is 11.6 Å². The topological polar surface area (TPSA) is 143 Å². The Morgan fingerprint density at radius 2 is 1.94 bits per heavy atom. The Kier molecular flexibility index (Phi) is 8.67. The van der Waals surface area contributed by atoms with Crippen molar-refractivity contribution in [1.29, 1.82) is 0 Å². The number of carbonyl (C=O) groups is 3. The van der Waals surface area contributed by atoms with Gasteiger partial charge in [-0.3, -0.25) is 19.7 Å². The van der Waals surface area contributed by atoms with Crippen LogP contribution in [0.4, 0.5) is 10.5 Å². The molecule has 34 heavy (non-hydrogen) atoms. The van der Waals surface area contributed by atoms with E-state index in [-0.39, 0.29) is 35.2 Å². The van der Waals surface area contributed by atoms with Gasteiger partial charge in [-0.25, -0.2) is 4.79 Å². The highest BCUT2D eigenvalue weighted by Crippen LogP contribution is 2.26. The van der Waals surface area contributed by atoms with E-state index in [4.69, 9.17) is 16.3 Å². The normalized spacial score (nSPS) is 18.1. The van der Waals surface area contributed by atoms with Crippen molar-refractivity contribution < 1.29 is 24.0 Å². The summed E-state index contributed by atoms with van der Waals surface area (Å²) in [5.74, 6) is -0.648. The van der Waals surface area contributed by atoms with Gasteiger partial charge in [0.1, 0.15) is 10.6 Å². The van der Waals surface area contributed by atoms with Crippen molar-refractivity contribution in [3.8, 4) is 0 Å². The standard InChI is InChI=1S/C22H30ClN5O6/c1-2-34-21(31)27-11-5-16(6-12-27)25-20(30)22(7-9-24-10-8-22)26-19(29)14-15-3-4-17(23)18(13-15)28(32)33/h3-4,13,16,24H,2,5-12,14H2,1H3,(H,25,30)(H,26,29). The molecule has 2 fully saturated rings. The number of rotatable bonds is 7.